The molecule has 0 bridgehead atoms. The van der Waals surface area contributed by atoms with Crippen LogP contribution in [0.5, 0.6) is 0 Å². The molecule has 0 aliphatic heterocycles. The molecule has 4 aromatic rings. The van der Waals surface area contributed by atoms with Crippen LogP contribution in [0.3, 0.4) is 0 Å². The van der Waals surface area contributed by atoms with Gasteiger partial charge in [0.2, 0.25) is 0 Å². The van der Waals surface area contributed by atoms with E-state index in [1.54, 1.807) is 24.7 Å². The monoisotopic (exact) mass is 424 g/mol. The first kappa shape index (κ1) is 20.4. The van der Waals surface area contributed by atoms with Crippen LogP contribution in [0.4, 0.5) is 4.39 Å². The first-order valence-corrected chi connectivity index (χ1v) is 10.6. The van der Waals surface area contributed by atoms with Crippen LogP contribution in [-0.4, -0.2) is 5.11 Å². The fourth-order valence-corrected chi connectivity index (χ4v) is 4.48. The van der Waals surface area contributed by atoms with E-state index in [-0.39, 0.29) is 0 Å². The lowest BCUT2D eigenvalue weighted by Crippen LogP contribution is -2.23. The van der Waals surface area contributed by atoms with Crippen molar-refractivity contribution in [1.29, 1.82) is 0 Å². The largest absolute Gasteiger partial charge is 0.472 e. The fraction of sp³-hybridized carbons (Fsp3) is 0.208. The molecular weight excluding hydrogens is 403 g/mol. The van der Waals surface area contributed by atoms with Gasteiger partial charge in [-0.25, -0.2) is 9.18 Å². The zero-order valence-corrected chi connectivity index (χ0v) is 17.5. The van der Waals surface area contributed by atoms with Crippen molar-refractivity contribution in [3.63, 3.8) is 0 Å². The molecule has 6 heteroatoms. The van der Waals surface area contributed by atoms with E-state index in [9.17, 15) is 14.3 Å². The summed E-state index contributed by atoms with van der Waals surface area (Å²) in [6.07, 6.45) is 4.12. The maximum Gasteiger partial charge on any atom is 0.336 e. The lowest BCUT2D eigenvalue weighted by atomic mass is 9.89. The Morgan fingerprint density at radius 3 is 2.53 bits per heavy atom. The SMILES string of the molecule is CCC(O)(CC)c1cc(F)cc(Sc2ccc3c(-c4ccoc4)cc(=O)oc3c2)c1. The summed E-state index contributed by atoms with van der Waals surface area (Å²) in [5, 5.41) is 11.6. The summed E-state index contributed by atoms with van der Waals surface area (Å²) in [7, 11) is 0. The van der Waals surface area contributed by atoms with Crippen molar-refractivity contribution in [3.8, 4) is 11.1 Å². The third-order valence-corrected chi connectivity index (χ3v) is 6.32. The van der Waals surface area contributed by atoms with Crippen LogP contribution in [0.2, 0.25) is 0 Å². The minimum atomic E-state index is -1.06. The quantitative estimate of drug-likeness (QED) is 0.365. The maximum atomic E-state index is 14.3. The van der Waals surface area contributed by atoms with Crippen molar-refractivity contribution in [2.45, 2.75) is 42.1 Å². The first-order valence-electron chi connectivity index (χ1n) is 9.73. The highest BCUT2D eigenvalue weighted by Crippen LogP contribution is 2.37. The van der Waals surface area contributed by atoms with Gasteiger partial charge >= 0.3 is 5.63 Å². The molecule has 1 N–H and O–H groups in total. The molecule has 4 nitrogen and oxygen atoms in total. The second kappa shape index (κ2) is 8.13. The third-order valence-electron chi connectivity index (χ3n) is 5.36. The Hall–Kier alpha value is -2.83. The van der Waals surface area contributed by atoms with Crippen LogP contribution in [0, 0.1) is 5.82 Å². The number of hydrogen-bond donors (Lipinski definition) is 1. The van der Waals surface area contributed by atoms with Crippen molar-refractivity contribution in [2.75, 3.05) is 0 Å². The van der Waals surface area contributed by atoms with Crippen molar-refractivity contribution >= 4 is 22.7 Å². The smallest absolute Gasteiger partial charge is 0.336 e. The van der Waals surface area contributed by atoms with Gasteiger partial charge in [-0.15, -0.1) is 0 Å². The number of rotatable bonds is 6. The van der Waals surface area contributed by atoms with E-state index >= 15 is 0 Å². The Morgan fingerprint density at radius 2 is 1.83 bits per heavy atom. The summed E-state index contributed by atoms with van der Waals surface area (Å²) in [5.74, 6) is -0.398. The van der Waals surface area contributed by atoms with Crippen LogP contribution in [0.1, 0.15) is 32.3 Å². The Kier molecular flexibility index (Phi) is 5.54. The van der Waals surface area contributed by atoms with Gasteiger partial charge < -0.3 is 13.9 Å². The molecule has 30 heavy (non-hydrogen) atoms. The van der Waals surface area contributed by atoms with E-state index in [1.807, 2.05) is 32.0 Å². The highest BCUT2D eigenvalue weighted by molar-refractivity contribution is 7.99. The topological polar surface area (TPSA) is 63.6 Å². The average Bonchev–Trinajstić information content (AvgIpc) is 3.26. The number of benzene rings is 2. The van der Waals surface area contributed by atoms with E-state index in [4.69, 9.17) is 8.83 Å². The summed E-state index contributed by atoms with van der Waals surface area (Å²) < 4.78 is 24.8. The van der Waals surface area contributed by atoms with Crippen LogP contribution >= 0.6 is 11.8 Å². The third kappa shape index (κ3) is 3.93. The molecule has 0 atom stereocenters. The molecule has 2 heterocycles. The van der Waals surface area contributed by atoms with Gasteiger partial charge in [-0.05, 0) is 60.9 Å². The zero-order chi connectivity index (χ0) is 21.3. The van der Waals surface area contributed by atoms with E-state index in [0.29, 0.717) is 28.9 Å². The van der Waals surface area contributed by atoms with Crippen LogP contribution in [0.15, 0.2) is 84.5 Å². The summed E-state index contributed by atoms with van der Waals surface area (Å²) in [6.45, 7) is 3.76. The Morgan fingerprint density at radius 1 is 1.03 bits per heavy atom. The lowest BCUT2D eigenvalue weighted by molar-refractivity contribution is 0.0278. The van der Waals surface area contributed by atoms with Crippen molar-refractivity contribution in [3.05, 3.63) is 82.9 Å². The van der Waals surface area contributed by atoms with Gasteiger partial charge in [-0.2, -0.15) is 0 Å². The molecule has 2 aromatic carbocycles. The van der Waals surface area contributed by atoms with Crippen LogP contribution in [0.25, 0.3) is 22.1 Å². The molecule has 0 radical (unpaired) electrons. The van der Waals surface area contributed by atoms with E-state index in [0.717, 1.165) is 21.4 Å². The highest BCUT2D eigenvalue weighted by Gasteiger charge is 2.26. The molecule has 2 aromatic heterocycles. The molecule has 0 saturated carbocycles. The summed E-state index contributed by atoms with van der Waals surface area (Å²) in [5.41, 5.74) is 1.01. The molecule has 0 saturated heterocycles. The van der Waals surface area contributed by atoms with Gasteiger partial charge in [-0.1, -0.05) is 25.6 Å². The number of halogens is 1. The normalized spacial score (nSPS) is 11.9. The van der Waals surface area contributed by atoms with Gasteiger partial charge in [0.25, 0.3) is 0 Å². The molecule has 4 rings (SSSR count). The van der Waals surface area contributed by atoms with Crippen LogP contribution < -0.4 is 5.63 Å². The van der Waals surface area contributed by atoms with Crippen LogP contribution in [-0.2, 0) is 5.60 Å². The second-order valence-corrected chi connectivity index (χ2v) is 8.31. The molecule has 154 valence electrons. The van der Waals surface area contributed by atoms with E-state index in [2.05, 4.69) is 0 Å². The molecule has 0 amide bonds. The molecule has 0 aliphatic rings. The minimum Gasteiger partial charge on any atom is -0.472 e. The number of hydrogen-bond acceptors (Lipinski definition) is 5. The lowest BCUT2D eigenvalue weighted by Gasteiger charge is -2.26. The highest BCUT2D eigenvalue weighted by atomic mass is 32.2. The Bertz CT molecular complexity index is 1240. The Labute approximate surface area is 177 Å². The number of fused-ring (bicyclic) bond motifs is 1. The van der Waals surface area contributed by atoms with Gasteiger partial charge in [0, 0.05) is 32.4 Å². The van der Waals surface area contributed by atoms with Crippen molar-refractivity contribution in [2.24, 2.45) is 0 Å². The Balaban J connectivity index is 1.73. The molecule has 0 fully saturated rings. The summed E-state index contributed by atoms with van der Waals surface area (Å²) in [6, 6.07) is 13.4. The summed E-state index contributed by atoms with van der Waals surface area (Å²) >= 11 is 1.35. The zero-order valence-electron chi connectivity index (χ0n) is 16.6. The number of furan rings is 1. The molecule has 0 aliphatic carbocycles. The van der Waals surface area contributed by atoms with E-state index in [1.165, 1.54) is 30.0 Å². The second-order valence-electron chi connectivity index (χ2n) is 7.17. The van der Waals surface area contributed by atoms with Gasteiger partial charge in [0.15, 0.2) is 0 Å². The van der Waals surface area contributed by atoms with Gasteiger partial charge in [-0.3, -0.25) is 0 Å². The van der Waals surface area contributed by atoms with E-state index < -0.39 is 17.0 Å². The predicted octanol–water partition coefficient (Wildman–Crippen LogP) is 6.35. The average molecular weight is 424 g/mol. The summed E-state index contributed by atoms with van der Waals surface area (Å²) in [4.78, 5) is 13.5. The van der Waals surface area contributed by atoms with Crippen molar-refractivity contribution in [1.82, 2.24) is 0 Å². The van der Waals surface area contributed by atoms with Gasteiger partial charge in [0.1, 0.15) is 11.4 Å². The minimum absolute atomic E-state index is 0.398. The standard InChI is InChI=1S/C24H21FO4S/c1-3-24(27,4-2)16-9-17(25)11-19(10-16)30-18-5-6-20-21(15-7-8-28-14-15)13-23(26)29-22(20)12-18/h5-14,27H,3-4H2,1-2H3. The molecule has 0 spiro atoms. The molecule has 0 unspecified atom stereocenters. The van der Waals surface area contributed by atoms with Gasteiger partial charge in [0.05, 0.1) is 18.1 Å². The van der Waals surface area contributed by atoms with Crippen molar-refractivity contribution < 1.29 is 18.3 Å². The maximum absolute atomic E-state index is 14.3. The fourth-order valence-electron chi connectivity index (χ4n) is 3.55. The molecular formula is C24H21FO4S. The predicted molar refractivity (Wildman–Crippen MR) is 115 cm³/mol. The number of aliphatic hydroxyl groups is 1. The first-order chi connectivity index (χ1) is 14.4.